The number of amides is 1. The summed E-state index contributed by atoms with van der Waals surface area (Å²) in [6, 6.07) is 16.6. The number of hydrogen-bond donors (Lipinski definition) is 2. The predicted molar refractivity (Wildman–Crippen MR) is 108 cm³/mol. The molecular formula is C21H22N4O3. The van der Waals surface area contributed by atoms with Crippen LogP contribution in [0.5, 0.6) is 0 Å². The van der Waals surface area contributed by atoms with Gasteiger partial charge in [0.2, 0.25) is 0 Å². The highest BCUT2D eigenvalue weighted by molar-refractivity contribution is 5.98. The molecule has 0 aliphatic rings. The molecule has 1 aromatic heterocycles. The van der Waals surface area contributed by atoms with Crippen LogP contribution in [0.15, 0.2) is 54.6 Å². The molecular weight excluding hydrogens is 356 g/mol. The van der Waals surface area contributed by atoms with E-state index < -0.39 is 11.9 Å². The van der Waals surface area contributed by atoms with E-state index in [1.807, 2.05) is 50.2 Å². The Bertz CT molecular complexity index is 996. The second kappa shape index (κ2) is 8.39. The number of nitrogens with one attached hydrogen (secondary N) is 2. The van der Waals surface area contributed by atoms with Gasteiger partial charge in [0.15, 0.2) is 6.61 Å². The van der Waals surface area contributed by atoms with E-state index in [2.05, 4.69) is 15.7 Å². The van der Waals surface area contributed by atoms with Crippen LogP contribution in [0.4, 0.5) is 11.4 Å². The van der Waals surface area contributed by atoms with E-state index in [4.69, 9.17) is 4.74 Å². The zero-order chi connectivity index (χ0) is 20.1. The molecule has 1 amide bonds. The molecule has 0 saturated carbocycles. The topological polar surface area (TPSA) is 85.2 Å². The summed E-state index contributed by atoms with van der Waals surface area (Å²) in [5.41, 5.74) is 4.01. The highest BCUT2D eigenvalue weighted by Crippen LogP contribution is 2.22. The number of esters is 1. The maximum Gasteiger partial charge on any atom is 0.340 e. The van der Waals surface area contributed by atoms with Gasteiger partial charge in [0.05, 0.1) is 28.3 Å². The first kappa shape index (κ1) is 19.2. The van der Waals surface area contributed by atoms with Crippen molar-refractivity contribution in [1.82, 2.24) is 9.78 Å². The molecule has 0 spiro atoms. The molecule has 7 nitrogen and oxygen atoms in total. The van der Waals surface area contributed by atoms with Gasteiger partial charge in [-0.05, 0) is 38.1 Å². The SMILES string of the molecule is CNc1ccccc1C(=O)OCC(=O)Nc1c(C)nn(-c2ccccc2)c1C. The summed E-state index contributed by atoms with van der Waals surface area (Å²) >= 11 is 0. The molecule has 0 aliphatic carbocycles. The van der Waals surface area contributed by atoms with Crippen molar-refractivity contribution in [3.8, 4) is 5.69 Å². The number of para-hydroxylation sites is 2. The highest BCUT2D eigenvalue weighted by atomic mass is 16.5. The van der Waals surface area contributed by atoms with Crippen molar-refractivity contribution in [2.24, 2.45) is 0 Å². The molecule has 28 heavy (non-hydrogen) atoms. The van der Waals surface area contributed by atoms with E-state index >= 15 is 0 Å². The highest BCUT2D eigenvalue weighted by Gasteiger charge is 2.17. The van der Waals surface area contributed by atoms with E-state index in [1.165, 1.54) is 0 Å². The van der Waals surface area contributed by atoms with Crippen LogP contribution in [0.2, 0.25) is 0 Å². The Morgan fingerprint density at radius 3 is 2.43 bits per heavy atom. The fourth-order valence-electron chi connectivity index (χ4n) is 2.91. The fraction of sp³-hybridized carbons (Fsp3) is 0.190. The van der Waals surface area contributed by atoms with Crippen LogP contribution in [0.3, 0.4) is 0 Å². The van der Waals surface area contributed by atoms with Gasteiger partial charge in [-0.15, -0.1) is 0 Å². The number of nitrogens with zero attached hydrogens (tertiary/aromatic N) is 2. The van der Waals surface area contributed by atoms with Crippen molar-refractivity contribution in [3.05, 3.63) is 71.5 Å². The second-order valence-electron chi connectivity index (χ2n) is 6.21. The average molecular weight is 378 g/mol. The molecule has 0 unspecified atom stereocenters. The zero-order valence-electron chi connectivity index (χ0n) is 16.0. The molecule has 0 radical (unpaired) electrons. The van der Waals surface area contributed by atoms with Crippen LogP contribution < -0.4 is 10.6 Å². The molecule has 0 saturated heterocycles. The van der Waals surface area contributed by atoms with Crippen molar-refractivity contribution in [1.29, 1.82) is 0 Å². The van der Waals surface area contributed by atoms with E-state index in [-0.39, 0.29) is 6.61 Å². The lowest BCUT2D eigenvalue weighted by Gasteiger charge is -2.10. The Hall–Kier alpha value is -3.61. The lowest BCUT2D eigenvalue weighted by molar-refractivity contribution is -0.119. The lowest BCUT2D eigenvalue weighted by Crippen LogP contribution is -2.22. The molecule has 0 bridgehead atoms. The quantitative estimate of drug-likeness (QED) is 0.643. The average Bonchev–Trinajstić information content (AvgIpc) is 3.00. The van der Waals surface area contributed by atoms with Gasteiger partial charge in [-0.25, -0.2) is 9.48 Å². The Morgan fingerprint density at radius 1 is 1.04 bits per heavy atom. The zero-order valence-corrected chi connectivity index (χ0v) is 16.0. The van der Waals surface area contributed by atoms with Gasteiger partial charge in [-0.3, -0.25) is 4.79 Å². The summed E-state index contributed by atoms with van der Waals surface area (Å²) in [6.07, 6.45) is 0. The number of carbonyl (C=O) groups is 2. The van der Waals surface area contributed by atoms with Crippen LogP contribution in [0, 0.1) is 13.8 Å². The van der Waals surface area contributed by atoms with E-state index in [0.29, 0.717) is 22.6 Å². The molecule has 3 aromatic rings. The maximum atomic E-state index is 12.3. The molecule has 1 heterocycles. The molecule has 144 valence electrons. The van der Waals surface area contributed by atoms with Crippen LogP contribution in [0.1, 0.15) is 21.7 Å². The number of carbonyl (C=O) groups excluding carboxylic acids is 2. The van der Waals surface area contributed by atoms with Gasteiger partial charge in [0, 0.05) is 12.7 Å². The first-order valence-electron chi connectivity index (χ1n) is 8.86. The monoisotopic (exact) mass is 378 g/mol. The Labute approximate surface area is 163 Å². The van der Waals surface area contributed by atoms with Gasteiger partial charge < -0.3 is 15.4 Å². The molecule has 2 N–H and O–H groups in total. The molecule has 3 rings (SSSR count). The lowest BCUT2D eigenvalue weighted by atomic mass is 10.2. The smallest absolute Gasteiger partial charge is 0.340 e. The largest absolute Gasteiger partial charge is 0.452 e. The van der Waals surface area contributed by atoms with Crippen molar-refractivity contribution in [2.75, 3.05) is 24.3 Å². The van der Waals surface area contributed by atoms with E-state index in [0.717, 1.165) is 11.4 Å². The Kier molecular flexibility index (Phi) is 5.74. The number of anilines is 2. The second-order valence-corrected chi connectivity index (χ2v) is 6.21. The predicted octanol–water partition coefficient (Wildman–Crippen LogP) is 3.33. The molecule has 0 fully saturated rings. The van der Waals surface area contributed by atoms with Crippen LogP contribution in [0.25, 0.3) is 5.69 Å². The van der Waals surface area contributed by atoms with Crippen molar-refractivity contribution < 1.29 is 14.3 Å². The van der Waals surface area contributed by atoms with Crippen LogP contribution >= 0.6 is 0 Å². The number of ether oxygens (including phenoxy) is 1. The van der Waals surface area contributed by atoms with Crippen molar-refractivity contribution in [2.45, 2.75) is 13.8 Å². The molecule has 0 atom stereocenters. The standard InChI is InChI=1S/C21H22N4O3/c1-14-20(15(2)25(24-14)16-9-5-4-6-10-16)23-19(26)13-28-21(27)17-11-7-8-12-18(17)22-3/h4-12,22H,13H2,1-3H3,(H,23,26). The number of rotatable bonds is 6. The first-order chi connectivity index (χ1) is 13.5. The van der Waals surface area contributed by atoms with Gasteiger partial charge in [0.25, 0.3) is 5.91 Å². The number of hydrogen-bond acceptors (Lipinski definition) is 5. The third-order valence-electron chi connectivity index (χ3n) is 4.31. The first-order valence-corrected chi connectivity index (χ1v) is 8.86. The summed E-state index contributed by atoms with van der Waals surface area (Å²) < 4.78 is 6.92. The van der Waals surface area contributed by atoms with Gasteiger partial charge in [-0.2, -0.15) is 5.10 Å². The summed E-state index contributed by atoms with van der Waals surface area (Å²) in [6.45, 7) is 3.31. The van der Waals surface area contributed by atoms with E-state index in [1.54, 1.807) is 29.9 Å². The minimum absolute atomic E-state index is 0.377. The molecule has 2 aromatic carbocycles. The fourth-order valence-corrected chi connectivity index (χ4v) is 2.91. The number of aromatic nitrogens is 2. The van der Waals surface area contributed by atoms with Gasteiger partial charge in [0.1, 0.15) is 0 Å². The maximum absolute atomic E-state index is 12.3. The van der Waals surface area contributed by atoms with Crippen LogP contribution in [-0.2, 0) is 9.53 Å². The minimum atomic E-state index is -0.562. The summed E-state index contributed by atoms with van der Waals surface area (Å²) in [4.78, 5) is 24.6. The van der Waals surface area contributed by atoms with Gasteiger partial charge >= 0.3 is 5.97 Å². The third kappa shape index (κ3) is 4.03. The normalized spacial score (nSPS) is 10.4. The van der Waals surface area contributed by atoms with Crippen molar-refractivity contribution >= 4 is 23.3 Å². The Balaban J connectivity index is 1.67. The Morgan fingerprint density at radius 2 is 1.71 bits per heavy atom. The summed E-state index contributed by atoms with van der Waals surface area (Å²) in [7, 11) is 1.72. The van der Waals surface area contributed by atoms with Crippen LogP contribution in [-0.4, -0.2) is 35.3 Å². The van der Waals surface area contributed by atoms with E-state index in [9.17, 15) is 9.59 Å². The van der Waals surface area contributed by atoms with Crippen molar-refractivity contribution in [3.63, 3.8) is 0 Å². The van der Waals surface area contributed by atoms with Gasteiger partial charge in [-0.1, -0.05) is 30.3 Å². The summed E-state index contributed by atoms with van der Waals surface area (Å²) in [5.74, 6) is -0.984. The number of benzene rings is 2. The summed E-state index contributed by atoms with van der Waals surface area (Å²) in [5, 5.41) is 10.2. The molecule has 0 aliphatic heterocycles. The minimum Gasteiger partial charge on any atom is -0.452 e. The third-order valence-corrected chi connectivity index (χ3v) is 4.31. The number of aryl methyl sites for hydroxylation is 1. The molecule has 7 heteroatoms.